The number of hydrogen-bond acceptors (Lipinski definition) is 4. The zero-order chi connectivity index (χ0) is 21.5. The van der Waals surface area contributed by atoms with Gasteiger partial charge < -0.3 is 9.67 Å². The standard InChI is InChI=1S/C25H24N4O2/c1-17(2)25-27-16-14-26-24(27)22-23(31)20(30)13-15-28(22)29(25)21(18-9-5-3-6-10-18)19-11-7-4-8-12-19/h3-17,21,25,31H,1-2H3. The number of benzene rings is 2. The molecular weight excluding hydrogens is 388 g/mol. The van der Waals surface area contributed by atoms with Crippen molar-refractivity contribution in [2.75, 3.05) is 5.01 Å². The number of nitrogens with zero attached hydrogens (tertiary/aromatic N) is 4. The lowest BCUT2D eigenvalue weighted by atomic mass is 9.95. The predicted octanol–water partition coefficient (Wildman–Crippen LogP) is 4.31. The number of aromatic nitrogens is 3. The molecule has 2 aromatic heterocycles. The number of fused-ring (bicyclic) bond motifs is 3. The Labute approximate surface area is 180 Å². The molecule has 0 fully saturated rings. The molecule has 0 bridgehead atoms. The van der Waals surface area contributed by atoms with Gasteiger partial charge in [-0.15, -0.1) is 0 Å². The molecule has 5 rings (SSSR count). The molecule has 1 N–H and O–H groups in total. The molecule has 6 nitrogen and oxygen atoms in total. The summed E-state index contributed by atoms with van der Waals surface area (Å²) in [5, 5.41) is 13.0. The van der Waals surface area contributed by atoms with Crippen LogP contribution in [0.3, 0.4) is 0 Å². The Bertz CT molecular complexity index is 1220. The predicted molar refractivity (Wildman–Crippen MR) is 120 cm³/mol. The molecule has 0 aliphatic carbocycles. The zero-order valence-corrected chi connectivity index (χ0v) is 17.5. The second kappa shape index (κ2) is 7.47. The van der Waals surface area contributed by atoms with Gasteiger partial charge in [-0.05, 0) is 17.0 Å². The van der Waals surface area contributed by atoms with Crippen molar-refractivity contribution in [3.05, 3.63) is 107 Å². The quantitative estimate of drug-likeness (QED) is 0.542. The van der Waals surface area contributed by atoms with E-state index in [1.807, 2.05) is 47.3 Å². The average Bonchev–Trinajstić information content (AvgIpc) is 3.26. The van der Waals surface area contributed by atoms with Crippen LogP contribution in [0.5, 0.6) is 5.75 Å². The maximum Gasteiger partial charge on any atom is 0.224 e. The first-order valence-corrected chi connectivity index (χ1v) is 10.4. The van der Waals surface area contributed by atoms with Gasteiger partial charge in [0.2, 0.25) is 5.43 Å². The first-order valence-electron chi connectivity index (χ1n) is 10.4. The molecule has 1 aliphatic heterocycles. The van der Waals surface area contributed by atoms with Crippen LogP contribution in [0.15, 0.2) is 90.1 Å². The largest absolute Gasteiger partial charge is 0.503 e. The molecule has 6 heteroatoms. The third-order valence-corrected chi connectivity index (χ3v) is 5.83. The molecule has 31 heavy (non-hydrogen) atoms. The highest BCUT2D eigenvalue weighted by Gasteiger charge is 2.39. The number of hydrogen-bond donors (Lipinski definition) is 1. The maximum absolute atomic E-state index is 12.3. The third-order valence-electron chi connectivity index (χ3n) is 5.83. The van der Waals surface area contributed by atoms with Gasteiger partial charge in [-0.1, -0.05) is 74.5 Å². The summed E-state index contributed by atoms with van der Waals surface area (Å²) < 4.78 is 3.95. The van der Waals surface area contributed by atoms with Gasteiger partial charge in [0.15, 0.2) is 17.3 Å². The van der Waals surface area contributed by atoms with Gasteiger partial charge in [0.1, 0.15) is 6.17 Å². The van der Waals surface area contributed by atoms with E-state index in [1.54, 1.807) is 12.4 Å². The van der Waals surface area contributed by atoms with Gasteiger partial charge in [0, 0.05) is 24.7 Å². The van der Waals surface area contributed by atoms with Gasteiger partial charge >= 0.3 is 0 Å². The Morgan fingerprint density at radius 3 is 2.10 bits per heavy atom. The molecule has 3 heterocycles. The van der Waals surface area contributed by atoms with Gasteiger partial charge in [-0.25, -0.2) is 4.98 Å². The summed E-state index contributed by atoms with van der Waals surface area (Å²) in [6.45, 7) is 4.34. The molecule has 1 unspecified atom stereocenters. The highest BCUT2D eigenvalue weighted by molar-refractivity contribution is 5.62. The van der Waals surface area contributed by atoms with Crippen molar-refractivity contribution in [3.63, 3.8) is 0 Å². The monoisotopic (exact) mass is 412 g/mol. The fourth-order valence-corrected chi connectivity index (χ4v) is 4.55. The Morgan fingerprint density at radius 1 is 0.903 bits per heavy atom. The minimum atomic E-state index is -0.417. The van der Waals surface area contributed by atoms with Crippen LogP contribution in [0, 0.1) is 5.92 Å². The molecule has 1 atom stereocenters. The van der Waals surface area contributed by atoms with Crippen LogP contribution in [0.4, 0.5) is 0 Å². The second-order valence-electron chi connectivity index (χ2n) is 8.14. The highest BCUT2D eigenvalue weighted by Crippen LogP contribution is 2.42. The summed E-state index contributed by atoms with van der Waals surface area (Å²) in [6, 6.07) is 21.9. The fraction of sp³-hybridized carbons (Fsp3) is 0.200. The lowest BCUT2D eigenvalue weighted by Gasteiger charge is -2.47. The van der Waals surface area contributed by atoms with E-state index >= 15 is 0 Å². The number of pyridine rings is 1. The Morgan fingerprint density at radius 2 is 1.52 bits per heavy atom. The molecule has 2 aromatic carbocycles. The summed E-state index contributed by atoms with van der Waals surface area (Å²) >= 11 is 0. The van der Waals surface area contributed by atoms with Crippen LogP contribution in [0.1, 0.15) is 37.2 Å². The summed E-state index contributed by atoms with van der Waals surface area (Å²) in [6.07, 6.45) is 5.29. The van der Waals surface area contributed by atoms with Gasteiger partial charge in [0.25, 0.3) is 0 Å². The summed E-state index contributed by atoms with van der Waals surface area (Å²) in [5.41, 5.74) is 2.23. The molecule has 4 aromatic rings. The van der Waals surface area contributed by atoms with E-state index in [4.69, 9.17) is 0 Å². The van der Waals surface area contributed by atoms with Crippen molar-refractivity contribution >= 4 is 0 Å². The SMILES string of the molecule is CC(C)C1N(C(c2ccccc2)c2ccccc2)n2ccc(=O)c(O)c2-c2nccn21. The van der Waals surface area contributed by atoms with E-state index in [0.29, 0.717) is 11.5 Å². The summed E-state index contributed by atoms with van der Waals surface area (Å²) in [5.74, 6) is 0.518. The highest BCUT2D eigenvalue weighted by atomic mass is 16.3. The van der Waals surface area contributed by atoms with E-state index in [0.717, 1.165) is 11.1 Å². The Balaban J connectivity index is 1.84. The minimum absolute atomic E-state index is 0.0858. The molecule has 0 radical (unpaired) electrons. The lowest BCUT2D eigenvalue weighted by molar-refractivity contribution is 0.267. The van der Waals surface area contributed by atoms with Gasteiger partial charge in [-0.2, -0.15) is 0 Å². The second-order valence-corrected chi connectivity index (χ2v) is 8.14. The van der Waals surface area contributed by atoms with Gasteiger partial charge in [0.05, 0.1) is 6.04 Å². The molecule has 1 aliphatic rings. The summed E-state index contributed by atoms with van der Waals surface area (Å²) in [4.78, 5) is 16.8. The first-order chi connectivity index (χ1) is 15.1. The van der Waals surface area contributed by atoms with E-state index in [1.165, 1.54) is 6.07 Å². The van der Waals surface area contributed by atoms with Gasteiger partial charge in [-0.3, -0.25) is 14.5 Å². The van der Waals surface area contributed by atoms with Crippen molar-refractivity contribution in [1.29, 1.82) is 0 Å². The van der Waals surface area contributed by atoms with Crippen molar-refractivity contribution < 1.29 is 5.11 Å². The van der Waals surface area contributed by atoms with Crippen LogP contribution in [-0.2, 0) is 0 Å². The smallest absolute Gasteiger partial charge is 0.224 e. The topological polar surface area (TPSA) is 63.3 Å². The van der Waals surface area contributed by atoms with Crippen LogP contribution in [-0.4, -0.2) is 19.3 Å². The molecular formula is C25H24N4O2. The molecule has 0 spiro atoms. The van der Waals surface area contributed by atoms with E-state index < -0.39 is 5.43 Å². The van der Waals surface area contributed by atoms with E-state index in [9.17, 15) is 9.90 Å². The third kappa shape index (κ3) is 3.03. The normalized spacial score (nSPS) is 15.2. The van der Waals surface area contributed by atoms with E-state index in [2.05, 4.69) is 52.7 Å². The number of imidazole rings is 1. The molecule has 0 amide bonds. The molecule has 0 saturated carbocycles. The van der Waals surface area contributed by atoms with Crippen LogP contribution in [0.25, 0.3) is 11.5 Å². The van der Waals surface area contributed by atoms with E-state index in [-0.39, 0.29) is 23.9 Å². The average molecular weight is 412 g/mol. The maximum atomic E-state index is 12.3. The van der Waals surface area contributed by atoms with Crippen LogP contribution < -0.4 is 10.4 Å². The first kappa shape index (κ1) is 19.2. The summed E-state index contributed by atoms with van der Waals surface area (Å²) in [7, 11) is 0. The Kier molecular flexibility index (Phi) is 4.62. The van der Waals surface area contributed by atoms with Crippen LogP contribution in [0.2, 0.25) is 0 Å². The van der Waals surface area contributed by atoms with Crippen molar-refractivity contribution in [2.45, 2.75) is 26.1 Å². The number of aromatic hydroxyl groups is 1. The fourth-order valence-electron chi connectivity index (χ4n) is 4.55. The Hall–Kier alpha value is -3.80. The zero-order valence-electron chi connectivity index (χ0n) is 17.5. The van der Waals surface area contributed by atoms with Crippen molar-refractivity contribution in [3.8, 4) is 17.3 Å². The number of rotatable bonds is 4. The molecule has 0 saturated heterocycles. The molecule has 156 valence electrons. The van der Waals surface area contributed by atoms with Crippen LogP contribution >= 0.6 is 0 Å². The minimum Gasteiger partial charge on any atom is -0.503 e. The van der Waals surface area contributed by atoms with Crippen molar-refractivity contribution in [2.24, 2.45) is 5.92 Å². The van der Waals surface area contributed by atoms with Crippen molar-refractivity contribution in [1.82, 2.24) is 14.2 Å². The lowest BCUT2D eigenvalue weighted by Crippen LogP contribution is -2.50.